The highest BCUT2D eigenvalue weighted by Crippen LogP contribution is 2.18. The van der Waals surface area contributed by atoms with Gasteiger partial charge in [-0.15, -0.1) is 0 Å². The Balaban J connectivity index is 2.64. The maximum atomic E-state index is 13.5. The zero-order chi connectivity index (χ0) is 50.6. The number of esters is 3. The van der Waals surface area contributed by atoms with Gasteiger partial charge in [0.25, 0.3) is 0 Å². The van der Waals surface area contributed by atoms with Crippen LogP contribution in [0, 0.1) is 0 Å². The Morgan fingerprint density at radius 1 is 0.400 bits per heavy atom. The molecule has 1 aromatic carbocycles. The Bertz CT molecular complexity index is 1320. The maximum absolute atomic E-state index is 13.5. The Kier molecular flexibility index (Phi) is 47.5. The maximum Gasteiger partial charge on any atom is 0.328 e. The van der Waals surface area contributed by atoms with Crippen LogP contribution in [-0.2, 0) is 40.0 Å². The van der Waals surface area contributed by atoms with E-state index in [-0.39, 0.29) is 31.1 Å². The second-order valence-corrected chi connectivity index (χ2v) is 20.9. The summed E-state index contributed by atoms with van der Waals surface area (Å²) in [4.78, 5) is 52.7. The standard InChI is InChI=1S/C62H111NO7/c1-4-7-10-13-16-19-22-25-28-31-34-37-43-51-59(64)63-58(62(67)69-54-56-47-41-40-42-48-56)50-46-49-57(70-61(66)53-45-39-36-33-30-27-24-21-18-15-12-9-6-3)55-68-60(65)52-44-38-35-32-29-26-23-20-17-14-11-8-5-2/h40-42,47-48,57-58H,4-39,43-46,49-55H2,1-3H3,(H,63,64)/t57-,58-/m0/s1. The van der Waals surface area contributed by atoms with Crippen LogP contribution < -0.4 is 5.32 Å². The van der Waals surface area contributed by atoms with E-state index in [0.717, 1.165) is 63.4 Å². The van der Waals surface area contributed by atoms with E-state index in [9.17, 15) is 19.2 Å². The predicted molar refractivity (Wildman–Crippen MR) is 294 cm³/mol. The smallest absolute Gasteiger partial charge is 0.328 e. The normalized spacial score (nSPS) is 12.2. The molecule has 0 aliphatic heterocycles. The minimum absolute atomic E-state index is 0.00382. The number of hydrogen-bond acceptors (Lipinski definition) is 7. The van der Waals surface area contributed by atoms with Gasteiger partial charge in [0, 0.05) is 19.3 Å². The van der Waals surface area contributed by atoms with Gasteiger partial charge in [0.15, 0.2) is 0 Å². The molecule has 0 unspecified atom stereocenters. The molecular weight excluding hydrogens is 871 g/mol. The molecule has 8 heteroatoms. The molecule has 0 spiro atoms. The van der Waals surface area contributed by atoms with Crippen LogP contribution in [0.15, 0.2) is 30.3 Å². The van der Waals surface area contributed by atoms with E-state index in [2.05, 4.69) is 26.1 Å². The van der Waals surface area contributed by atoms with Gasteiger partial charge < -0.3 is 19.5 Å². The number of hydrogen-bond donors (Lipinski definition) is 1. The molecule has 0 aromatic heterocycles. The number of ether oxygens (including phenoxy) is 3. The van der Waals surface area contributed by atoms with Crippen LogP contribution >= 0.6 is 0 Å². The zero-order valence-corrected chi connectivity index (χ0v) is 46.1. The van der Waals surface area contributed by atoms with E-state index in [1.807, 2.05) is 30.3 Å². The molecule has 0 aliphatic rings. The van der Waals surface area contributed by atoms with Crippen molar-refractivity contribution in [3.63, 3.8) is 0 Å². The topological polar surface area (TPSA) is 108 Å². The quantitative estimate of drug-likeness (QED) is 0.0393. The van der Waals surface area contributed by atoms with Crippen LogP contribution in [0.1, 0.15) is 315 Å². The number of benzene rings is 1. The summed E-state index contributed by atoms with van der Waals surface area (Å²) in [6, 6.07) is 8.73. The van der Waals surface area contributed by atoms with Crippen molar-refractivity contribution < 1.29 is 33.4 Å². The summed E-state index contributed by atoms with van der Waals surface area (Å²) in [5.41, 5.74) is 0.879. The summed E-state index contributed by atoms with van der Waals surface area (Å²) in [6.45, 7) is 6.91. The third-order valence-electron chi connectivity index (χ3n) is 14.1. The summed E-state index contributed by atoms with van der Waals surface area (Å²) in [7, 11) is 0. The lowest BCUT2D eigenvalue weighted by Crippen LogP contribution is -2.42. The van der Waals surface area contributed by atoms with Gasteiger partial charge in [-0.3, -0.25) is 14.4 Å². The fourth-order valence-electron chi connectivity index (χ4n) is 9.45. The van der Waals surface area contributed by atoms with Crippen LogP contribution in [0.4, 0.5) is 0 Å². The molecule has 2 atom stereocenters. The summed E-state index contributed by atoms with van der Waals surface area (Å²) >= 11 is 0. The molecule has 0 fully saturated rings. The van der Waals surface area contributed by atoms with Crippen molar-refractivity contribution in [2.75, 3.05) is 6.61 Å². The first-order valence-electron chi connectivity index (χ1n) is 30.2. The highest BCUT2D eigenvalue weighted by molar-refractivity contribution is 5.84. The fraction of sp³-hybridized carbons (Fsp3) is 0.839. The van der Waals surface area contributed by atoms with Crippen molar-refractivity contribution >= 4 is 23.8 Å². The van der Waals surface area contributed by atoms with Crippen molar-refractivity contribution in [2.24, 2.45) is 0 Å². The molecule has 0 radical (unpaired) electrons. The van der Waals surface area contributed by atoms with Crippen molar-refractivity contribution in [3.8, 4) is 0 Å². The number of carbonyl (C=O) groups is 4. The largest absolute Gasteiger partial charge is 0.462 e. The molecule has 406 valence electrons. The average molecular weight is 983 g/mol. The lowest BCUT2D eigenvalue weighted by atomic mass is 10.0. The van der Waals surface area contributed by atoms with Crippen molar-refractivity contribution in [1.82, 2.24) is 5.32 Å². The molecular formula is C62H111NO7. The highest BCUT2D eigenvalue weighted by atomic mass is 16.6. The minimum Gasteiger partial charge on any atom is -0.462 e. The van der Waals surface area contributed by atoms with Crippen LogP contribution in [0.25, 0.3) is 0 Å². The second kappa shape index (κ2) is 51.0. The molecule has 1 aromatic rings. The van der Waals surface area contributed by atoms with Crippen LogP contribution in [0.2, 0.25) is 0 Å². The van der Waals surface area contributed by atoms with E-state index >= 15 is 0 Å². The number of carbonyl (C=O) groups excluding carboxylic acids is 4. The lowest BCUT2D eigenvalue weighted by Gasteiger charge is -2.21. The molecule has 8 nitrogen and oxygen atoms in total. The first-order valence-corrected chi connectivity index (χ1v) is 30.2. The first-order chi connectivity index (χ1) is 34.4. The van der Waals surface area contributed by atoms with Gasteiger partial charge in [0.2, 0.25) is 5.91 Å². The van der Waals surface area contributed by atoms with Crippen molar-refractivity contribution in [2.45, 2.75) is 328 Å². The van der Waals surface area contributed by atoms with Gasteiger partial charge in [-0.25, -0.2) is 4.79 Å². The number of nitrogens with one attached hydrogen (secondary N) is 1. The van der Waals surface area contributed by atoms with E-state index in [0.29, 0.717) is 38.5 Å². The van der Waals surface area contributed by atoms with Gasteiger partial charge in [-0.05, 0) is 44.1 Å². The highest BCUT2D eigenvalue weighted by Gasteiger charge is 2.24. The number of unbranched alkanes of at least 4 members (excludes halogenated alkanes) is 36. The van der Waals surface area contributed by atoms with Gasteiger partial charge in [0.05, 0.1) is 0 Å². The van der Waals surface area contributed by atoms with Gasteiger partial charge in [-0.1, -0.05) is 282 Å². The molecule has 70 heavy (non-hydrogen) atoms. The monoisotopic (exact) mass is 982 g/mol. The lowest BCUT2D eigenvalue weighted by molar-refractivity contribution is -0.159. The Morgan fingerprint density at radius 2 is 0.757 bits per heavy atom. The van der Waals surface area contributed by atoms with Gasteiger partial charge in [-0.2, -0.15) is 0 Å². The Labute approximate surface area is 431 Å². The molecule has 1 rings (SSSR count). The van der Waals surface area contributed by atoms with E-state index < -0.39 is 18.1 Å². The Morgan fingerprint density at radius 3 is 1.16 bits per heavy atom. The second-order valence-electron chi connectivity index (χ2n) is 20.9. The zero-order valence-electron chi connectivity index (χ0n) is 46.1. The third kappa shape index (κ3) is 43.9. The molecule has 0 bridgehead atoms. The van der Waals surface area contributed by atoms with Crippen LogP contribution in [0.5, 0.6) is 0 Å². The van der Waals surface area contributed by atoms with E-state index in [4.69, 9.17) is 14.2 Å². The van der Waals surface area contributed by atoms with Crippen LogP contribution in [0.3, 0.4) is 0 Å². The van der Waals surface area contributed by atoms with E-state index in [1.54, 1.807) is 0 Å². The summed E-state index contributed by atoms with van der Waals surface area (Å²) in [5, 5.41) is 2.98. The SMILES string of the molecule is CCCCCCCCCCCCCCCC(=O)N[C@@H](CCC[C@@H](COC(=O)CCCCCCCCCCCCCCC)OC(=O)CCCCCCCCCCCCCCC)C(=O)OCc1ccccc1. The van der Waals surface area contributed by atoms with Gasteiger partial charge >= 0.3 is 17.9 Å². The Hall–Kier alpha value is -2.90. The molecule has 0 saturated heterocycles. The van der Waals surface area contributed by atoms with Gasteiger partial charge in [0.1, 0.15) is 25.4 Å². The molecule has 1 N–H and O–H groups in total. The summed E-state index contributed by atoms with van der Waals surface area (Å²) in [5.74, 6) is -1.15. The third-order valence-corrected chi connectivity index (χ3v) is 14.1. The average Bonchev–Trinajstić information content (AvgIpc) is 3.36. The van der Waals surface area contributed by atoms with Crippen molar-refractivity contribution in [1.29, 1.82) is 0 Å². The predicted octanol–water partition coefficient (Wildman–Crippen LogP) is 18.3. The minimum atomic E-state index is -0.821. The summed E-state index contributed by atoms with van der Waals surface area (Å²) < 4.78 is 17.4. The first kappa shape index (κ1) is 65.1. The molecule has 1 amide bonds. The van der Waals surface area contributed by atoms with E-state index in [1.165, 1.54) is 193 Å². The fourth-order valence-corrected chi connectivity index (χ4v) is 9.45. The van der Waals surface area contributed by atoms with Crippen molar-refractivity contribution in [3.05, 3.63) is 35.9 Å². The molecule has 0 heterocycles. The number of amides is 1. The summed E-state index contributed by atoms with van der Waals surface area (Å²) in [6.07, 6.45) is 50.0. The van der Waals surface area contributed by atoms with Crippen LogP contribution in [-0.4, -0.2) is 42.6 Å². The molecule has 0 saturated carbocycles. The molecule has 0 aliphatic carbocycles. The number of rotatable bonds is 53.